The number of aryl methyl sites for hydroxylation is 1. The normalized spacial score (nSPS) is 22.0. The van der Waals surface area contributed by atoms with Crippen molar-refractivity contribution in [3.63, 3.8) is 0 Å². The topological polar surface area (TPSA) is 101 Å². The fraction of sp³-hybridized carbons (Fsp3) is 0.429. The Morgan fingerprint density at radius 3 is 2.27 bits per heavy atom. The third-order valence-electron chi connectivity index (χ3n) is 3.47. The second kappa shape index (κ2) is 5.60. The largest absolute Gasteiger partial charge is 0.480 e. The monoisotopic (exact) mass is 327 g/mol. The first-order valence-corrected chi connectivity index (χ1v) is 8.14. The van der Waals surface area contributed by atoms with Gasteiger partial charge in [-0.05, 0) is 25.0 Å². The number of aliphatic carboxylic acids is 1. The van der Waals surface area contributed by atoms with Crippen molar-refractivity contribution in [1.29, 1.82) is 0 Å². The highest BCUT2D eigenvalue weighted by atomic mass is 32.2. The minimum absolute atomic E-state index is 0.147. The van der Waals surface area contributed by atoms with E-state index in [4.69, 9.17) is 4.74 Å². The van der Waals surface area contributed by atoms with E-state index in [0.717, 1.165) is 5.56 Å². The van der Waals surface area contributed by atoms with Gasteiger partial charge in [0.05, 0.1) is 4.90 Å². The Kier molecular flexibility index (Phi) is 4.15. The molecule has 1 aromatic rings. The van der Waals surface area contributed by atoms with Gasteiger partial charge >= 0.3 is 12.1 Å². The molecule has 7 nitrogen and oxygen atoms in total. The highest BCUT2D eigenvalue weighted by Gasteiger charge is 2.53. The van der Waals surface area contributed by atoms with Crippen LogP contribution in [-0.4, -0.2) is 42.0 Å². The number of cyclic esters (lactones) is 1. The van der Waals surface area contributed by atoms with Crippen LogP contribution in [0.15, 0.2) is 29.2 Å². The van der Waals surface area contributed by atoms with Crippen LogP contribution in [0.2, 0.25) is 0 Å². The van der Waals surface area contributed by atoms with E-state index in [9.17, 15) is 23.1 Å². The predicted molar refractivity (Wildman–Crippen MR) is 76.7 cm³/mol. The Bertz CT molecular complexity index is 695. The molecule has 120 valence electrons. The zero-order valence-electron chi connectivity index (χ0n) is 12.4. The molecule has 1 amide bonds. The molecule has 0 unspecified atom stereocenters. The Balaban J connectivity index is 2.50. The maximum atomic E-state index is 12.6. The smallest absolute Gasteiger partial charge is 0.425 e. The number of nitrogens with zero attached hydrogens (tertiary/aromatic N) is 1. The molecule has 0 saturated carbocycles. The van der Waals surface area contributed by atoms with Gasteiger partial charge < -0.3 is 9.84 Å². The van der Waals surface area contributed by atoms with Crippen LogP contribution in [-0.2, 0) is 19.6 Å². The van der Waals surface area contributed by atoms with E-state index < -0.39 is 34.2 Å². The molecule has 1 fully saturated rings. The van der Waals surface area contributed by atoms with Crippen LogP contribution in [0.25, 0.3) is 0 Å². The zero-order valence-corrected chi connectivity index (χ0v) is 13.2. The molecule has 1 N–H and O–H groups in total. The van der Waals surface area contributed by atoms with Crippen molar-refractivity contribution in [3.05, 3.63) is 29.8 Å². The lowest BCUT2D eigenvalue weighted by Crippen LogP contribution is -2.47. The van der Waals surface area contributed by atoms with Crippen molar-refractivity contribution < 1.29 is 27.9 Å². The summed E-state index contributed by atoms with van der Waals surface area (Å²) < 4.78 is 30.5. The van der Waals surface area contributed by atoms with Gasteiger partial charge in [0.2, 0.25) is 0 Å². The van der Waals surface area contributed by atoms with Gasteiger partial charge in [-0.3, -0.25) is 0 Å². The number of amides is 1. The molecular weight excluding hydrogens is 310 g/mol. The molecular formula is C14H17NO6S. The van der Waals surface area contributed by atoms with Crippen molar-refractivity contribution in [2.45, 2.75) is 37.8 Å². The second-order valence-electron chi connectivity index (χ2n) is 5.49. The molecule has 0 aromatic heterocycles. The van der Waals surface area contributed by atoms with Crippen LogP contribution in [0.5, 0.6) is 0 Å². The number of ether oxygens (including phenoxy) is 1. The summed E-state index contributed by atoms with van der Waals surface area (Å²) in [5.41, 5.74) is 0.845. The Hall–Kier alpha value is -2.09. The highest BCUT2D eigenvalue weighted by Crippen LogP contribution is 2.31. The van der Waals surface area contributed by atoms with Crippen LogP contribution in [0.1, 0.15) is 19.4 Å². The Morgan fingerprint density at radius 2 is 1.82 bits per heavy atom. The summed E-state index contributed by atoms with van der Waals surface area (Å²) in [6.45, 7) is 5.11. The summed E-state index contributed by atoms with van der Waals surface area (Å²) in [5.74, 6) is -1.75. The van der Waals surface area contributed by atoms with E-state index in [0.29, 0.717) is 4.31 Å². The van der Waals surface area contributed by atoms with Crippen LogP contribution >= 0.6 is 0 Å². The summed E-state index contributed by atoms with van der Waals surface area (Å²) in [6, 6.07) is 4.24. The maximum absolute atomic E-state index is 12.6. The fourth-order valence-corrected chi connectivity index (χ4v) is 3.75. The van der Waals surface area contributed by atoms with E-state index in [1.165, 1.54) is 12.1 Å². The van der Waals surface area contributed by atoms with E-state index in [2.05, 4.69) is 0 Å². The van der Waals surface area contributed by atoms with Crippen LogP contribution in [0.3, 0.4) is 0 Å². The third-order valence-corrected chi connectivity index (χ3v) is 5.23. The Labute approximate surface area is 128 Å². The van der Waals surface area contributed by atoms with E-state index in [1.807, 2.05) is 0 Å². The number of carbonyl (C=O) groups excluding carboxylic acids is 1. The average molecular weight is 327 g/mol. The molecule has 1 heterocycles. The quantitative estimate of drug-likeness (QED) is 0.901. The maximum Gasteiger partial charge on any atom is 0.425 e. The number of carboxylic acid groups (broad SMARTS) is 1. The molecule has 2 atom stereocenters. The number of rotatable bonds is 4. The summed E-state index contributed by atoms with van der Waals surface area (Å²) in [5, 5.41) is 9.34. The van der Waals surface area contributed by atoms with Gasteiger partial charge in [-0.15, -0.1) is 0 Å². The summed E-state index contributed by atoms with van der Waals surface area (Å²) in [4.78, 5) is 23.3. The van der Waals surface area contributed by atoms with Crippen LogP contribution in [0, 0.1) is 12.8 Å². The lowest BCUT2D eigenvalue weighted by atomic mass is 10.0. The first kappa shape index (κ1) is 16.3. The van der Waals surface area contributed by atoms with Gasteiger partial charge in [-0.25, -0.2) is 18.0 Å². The number of sulfonamides is 1. The van der Waals surface area contributed by atoms with Crippen molar-refractivity contribution in [2.75, 3.05) is 0 Å². The van der Waals surface area contributed by atoms with Gasteiger partial charge in [-0.1, -0.05) is 31.5 Å². The van der Waals surface area contributed by atoms with Crippen molar-refractivity contribution in [2.24, 2.45) is 5.92 Å². The van der Waals surface area contributed by atoms with E-state index in [1.54, 1.807) is 32.9 Å². The minimum Gasteiger partial charge on any atom is -0.480 e. The van der Waals surface area contributed by atoms with Gasteiger partial charge in [0.1, 0.15) is 6.10 Å². The Morgan fingerprint density at radius 1 is 1.27 bits per heavy atom. The number of carboxylic acids is 1. The van der Waals surface area contributed by atoms with Gasteiger partial charge in [0.15, 0.2) is 6.04 Å². The standard InChI is InChI=1S/C14H17NO6S/c1-8(2)12-11(13(16)17)15(14(18)21-12)22(19,20)10-6-4-9(3)5-7-10/h4-8,11-12H,1-3H3,(H,16,17)/t11-,12+/m1/s1. The molecule has 22 heavy (non-hydrogen) atoms. The zero-order chi connectivity index (χ0) is 16.7. The summed E-state index contributed by atoms with van der Waals surface area (Å²) in [6.07, 6.45) is -2.18. The molecule has 1 aromatic carbocycles. The fourth-order valence-electron chi connectivity index (χ4n) is 2.29. The van der Waals surface area contributed by atoms with Gasteiger partial charge in [0, 0.05) is 0 Å². The van der Waals surface area contributed by atoms with Crippen LogP contribution in [0.4, 0.5) is 4.79 Å². The molecule has 0 aliphatic carbocycles. The van der Waals surface area contributed by atoms with Gasteiger partial charge in [-0.2, -0.15) is 4.31 Å². The first-order valence-electron chi connectivity index (χ1n) is 6.70. The minimum atomic E-state index is -4.29. The number of hydrogen-bond donors (Lipinski definition) is 1. The molecule has 1 saturated heterocycles. The number of benzene rings is 1. The first-order chi connectivity index (χ1) is 10.2. The molecule has 0 spiro atoms. The molecule has 0 bridgehead atoms. The number of carbonyl (C=O) groups is 2. The van der Waals surface area contributed by atoms with Gasteiger partial charge in [0.25, 0.3) is 10.0 Å². The molecule has 1 aliphatic heterocycles. The second-order valence-corrected chi connectivity index (χ2v) is 7.30. The predicted octanol–water partition coefficient (Wildman–Crippen LogP) is 1.61. The summed E-state index contributed by atoms with van der Waals surface area (Å²) in [7, 11) is -4.29. The van der Waals surface area contributed by atoms with Crippen LogP contribution < -0.4 is 0 Å². The van der Waals surface area contributed by atoms with Crippen molar-refractivity contribution in [3.8, 4) is 0 Å². The lowest BCUT2D eigenvalue weighted by molar-refractivity contribution is -0.142. The average Bonchev–Trinajstić information content (AvgIpc) is 2.78. The van der Waals surface area contributed by atoms with E-state index in [-0.39, 0.29) is 10.8 Å². The van der Waals surface area contributed by atoms with E-state index >= 15 is 0 Å². The lowest BCUT2D eigenvalue weighted by Gasteiger charge is -2.22. The third kappa shape index (κ3) is 2.66. The molecule has 0 radical (unpaired) electrons. The highest BCUT2D eigenvalue weighted by molar-refractivity contribution is 7.89. The summed E-state index contributed by atoms with van der Waals surface area (Å²) >= 11 is 0. The molecule has 2 rings (SSSR count). The van der Waals surface area contributed by atoms with Crippen molar-refractivity contribution >= 4 is 22.1 Å². The number of hydrogen-bond acceptors (Lipinski definition) is 5. The molecule has 8 heteroatoms. The SMILES string of the molecule is Cc1ccc(S(=O)(=O)N2C(=O)O[C@@H](C(C)C)[C@@H]2C(=O)O)cc1. The van der Waals surface area contributed by atoms with Crippen molar-refractivity contribution in [1.82, 2.24) is 4.31 Å². The molecule has 1 aliphatic rings.